The highest BCUT2D eigenvalue weighted by Gasteiger charge is 2.02. The van der Waals surface area contributed by atoms with Crippen molar-refractivity contribution in [1.82, 2.24) is 10.2 Å². The van der Waals surface area contributed by atoms with Crippen LogP contribution in [0.15, 0.2) is 10.7 Å². The van der Waals surface area contributed by atoms with Crippen molar-refractivity contribution in [3.8, 4) is 0 Å². The third kappa shape index (κ3) is 2.63. The summed E-state index contributed by atoms with van der Waals surface area (Å²) in [4.78, 5) is 0. The van der Waals surface area contributed by atoms with Crippen LogP contribution in [0.1, 0.15) is 19.0 Å². The second-order valence-electron chi connectivity index (χ2n) is 2.71. The minimum Gasteiger partial charge on any atom is -0.328 e. The summed E-state index contributed by atoms with van der Waals surface area (Å²) in [6.07, 6.45) is 3.70. The van der Waals surface area contributed by atoms with Crippen LogP contribution in [0.3, 0.4) is 0 Å². The zero-order valence-electron chi connectivity index (χ0n) is 6.47. The standard InChI is InChI=1S/C7H12BrN3/c1-5(9)2-3-7-6(8)4-10-11-7/h4-5H,2-3,9H2,1H3,(H,10,11). The molecule has 0 bridgehead atoms. The van der Waals surface area contributed by atoms with Crippen LogP contribution < -0.4 is 5.73 Å². The van der Waals surface area contributed by atoms with Crippen LogP contribution in [0.25, 0.3) is 0 Å². The van der Waals surface area contributed by atoms with Gasteiger partial charge < -0.3 is 5.73 Å². The molecule has 1 aromatic heterocycles. The molecule has 0 saturated heterocycles. The normalized spacial score (nSPS) is 13.4. The molecule has 0 spiro atoms. The fourth-order valence-corrected chi connectivity index (χ4v) is 1.23. The van der Waals surface area contributed by atoms with E-state index in [0.29, 0.717) is 0 Å². The van der Waals surface area contributed by atoms with Crippen molar-refractivity contribution >= 4 is 15.9 Å². The Kier molecular flexibility index (Phi) is 3.08. The predicted octanol–water partition coefficient (Wildman–Crippen LogP) is 1.45. The Labute approximate surface area is 74.5 Å². The summed E-state index contributed by atoms with van der Waals surface area (Å²) < 4.78 is 1.04. The van der Waals surface area contributed by atoms with E-state index >= 15 is 0 Å². The van der Waals surface area contributed by atoms with Gasteiger partial charge in [0.25, 0.3) is 0 Å². The summed E-state index contributed by atoms with van der Waals surface area (Å²) >= 11 is 3.38. The third-order valence-corrected chi connectivity index (χ3v) is 2.20. The van der Waals surface area contributed by atoms with Gasteiger partial charge in [0, 0.05) is 11.7 Å². The third-order valence-electron chi connectivity index (χ3n) is 1.52. The van der Waals surface area contributed by atoms with E-state index in [9.17, 15) is 0 Å². The van der Waals surface area contributed by atoms with E-state index in [0.717, 1.165) is 23.0 Å². The van der Waals surface area contributed by atoms with E-state index in [2.05, 4.69) is 26.1 Å². The van der Waals surface area contributed by atoms with Crippen LogP contribution in [0.5, 0.6) is 0 Å². The fraction of sp³-hybridized carbons (Fsp3) is 0.571. The van der Waals surface area contributed by atoms with Gasteiger partial charge in [0.1, 0.15) is 0 Å². The lowest BCUT2D eigenvalue weighted by Gasteiger charge is -2.02. The lowest BCUT2D eigenvalue weighted by atomic mass is 10.1. The first-order chi connectivity index (χ1) is 5.20. The molecule has 0 aliphatic rings. The van der Waals surface area contributed by atoms with E-state index in [1.807, 2.05) is 6.92 Å². The molecular formula is C7H12BrN3. The van der Waals surface area contributed by atoms with Gasteiger partial charge in [-0.3, -0.25) is 5.10 Å². The van der Waals surface area contributed by atoms with E-state index in [1.165, 1.54) is 0 Å². The summed E-state index contributed by atoms with van der Waals surface area (Å²) in [5.74, 6) is 0. The molecule has 11 heavy (non-hydrogen) atoms. The molecule has 0 radical (unpaired) electrons. The number of aromatic nitrogens is 2. The molecule has 0 fully saturated rings. The molecule has 1 unspecified atom stereocenters. The van der Waals surface area contributed by atoms with Gasteiger partial charge in [-0.05, 0) is 35.7 Å². The molecule has 3 nitrogen and oxygen atoms in total. The number of nitrogens with one attached hydrogen (secondary N) is 1. The molecule has 0 amide bonds. The molecule has 1 aromatic rings. The summed E-state index contributed by atoms with van der Waals surface area (Å²) in [6.45, 7) is 2.00. The first-order valence-corrected chi connectivity index (χ1v) is 4.42. The number of nitrogens with two attached hydrogens (primary N) is 1. The van der Waals surface area contributed by atoms with Crippen molar-refractivity contribution in [1.29, 1.82) is 0 Å². The SMILES string of the molecule is CC(N)CCc1[nH]ncc1Br. The van der Waals surface area contributed by atoms with Gasteiger partial charge in [-0.2, -0.15) is 5.10 Å². The molecule has 0 aliphatic heterocycles. The Bertz CT molecular complexity index is 219. The van der Waals surface area contributed by atoms with Gasteiger partial charge in [0.05, 0.1) is 10.7 Å². The Morgan fingerprint density at radius 1 is 1.82 bits per heavy atom. The molecule has 62 valence electrons. The average molecular weight is 218 g/mol. The Hall–Kier alpha value is -0.350. The van der Waals surface area contributed by atoms with Crippen molar-refractivity contribution in [2.24, 2.45) is 5.73 Å². The van der Waals surface area contributed by atoms with Crippen molar-refractivity contribution in [3.63, 3.8) is 0 Å². The molecule has 0 saturated carbocycles. The number of hydrogen-bond donors (Lipinski definition) is 2. The maximum absolute atomic E-state index is 5.61. The van der Waals surface area contributed by atoms with Gasteiger partial charge in [-0.25, -0.2) is 0 Å². The Balaban J connectivity index is 2.44. The monoisotopic (exact) mass is 217 g/mol. The molecule has 1 atom stereocenters. The Morgan fingerprint density at radius 3 is 3.00 bits per heavy atom. The molecule has 3 N–H and O–H groups in total. The fourth-order valence-electron chi connectivity index (χ4n) is 0.846. The number of aromatic amines is 1. The number of aryl methyl sites for hydroxylation is 1. The predicted molar refractivity (Wildman–Crippen MR) is 48.3 cm³/mol. The number of rotatable bonds is 3. The topological polar surface area (TPSA) is 54.7 Å². The lowest BCUT2D eigenvalue weighted by Crippen LogP contribution is -2.15. The zero-order valence-corrected chi connectivity index (χ0v) is 8.06. The van der Waals surface area contributed by atoms with Crippen LogP contribution in [0.4, 0.5) is 0 Å². The van der Waals surface area contributed by atoms with Crippen LogP contribution in [0.2, 0.25) is 0 Å². The first-order valence-electron chi connectivity index (χ1n) is 3.63. The quantitative estimate of drug-likeness (QED) is 0.806. The zero-order chi connectivity index (χ0) is 8.27. The summed E-state index contributed by atoms with van der Waals surface area (Å²) in [5.41, 5.74) is 6.74. The highest BCUT2D eigenvalue weighted by molar-refractivity contribution is 9.10. The summed E-state index contributed by atoms with van der Waals surface area (Å²) in [5, 5.41) is 6.80. The van der Waals surface area contributed by atoms with E-state index in [-0.39, 0.29) is 6.04 Å². The minimum atomic E-state index is 0.255. The van der Waals surface area contributed by atoms with E-state index in [1.54, 1.807) is 6.20 Å². The summed E-state index contributed by atoms with van der Waals surface area (Å²) in [7, 11) is 0. The molecule has 1 rings (SSSR count). The molecule has 4 heteroatoms. The Morgan fingerprint density at radius 2 is 2.55 bits per heavy atom. The molecule has 0 aromatic carbocycles. The van der Waals surface area contributed by atoms with Gasteiger partial charge in [0.2, 0.25) is 0 Å². The van der Waals surface area contributed by atoms with Crippen LogP contribution >= 0.6 is 15.9 Å². The van der Waals surface area contributed by atoms with Gasteiger partial charge in [-0.1, -0.05) is 0 Å². The largest absolute Gasteiger partial charge is 0.328 e. The lowest BCUT2D eigenvalue weighted by molar-refractivity contribution is 0.656. The highest BCUT2D eigenvalue weighted by atomic mass is 79.9. The van der Waals surface area contributed by atoms with Crippen LogP contribution in [-0.4, -0.2) is 16.2 Å². The second kappa shape index (κ2) is 3.88. The molecule has 1 heterocycles. The minimum absolute atomic E-state index is 0.255. The molecular weight excluding hydrogens is 206 g/mol. The second-order valence-corrected chi connectivity index (χ2v) is 3.57. The van der Waals surface area contributed by atoms with Crippen LogP contribution in [-0.2, 0) is 6.42 Å². The van der Waals surface area contributed by atoms with E-state index < -0.39 is 0 Å². The highest BCUT2D eigenvalue weighted by Crippen LogP contribution is 2.14. The van der Waals surface area contributed by atoms with E-state index in [4.69, 9.17) is 5.73 Å². The molecule has 0 aliphatic carbocycles. The van der Waals surface area contributed by atoms with Crippen molar-refractivity contribution < 1.29 is 0 Å². The first kappa shape index (κ1) is 8.74. The number of nitrogens with zero attached hydrogens (tertiary/aromatic N) is 1. The maximum atomic E-state index is 5.61. The smallest absolute Gasteiger partial charge is 0.0632 e. The number of hydrogen-bond acceptors (Lipinski definition) is 2. The van der Waals surface area contributed by atoms with Crippen molar-refractivity contribution in [3.05, 3.63) is 16.4 Å². The maximum Gasteiger partial charge on any atom is 0.0632 e. The van der Waals surface area contributed by atoms with Crippen molar-refractivity contribution in [2.45, 2.75) is 25.8 Å². The van der Waals surface area contributed by atoms with Gasteiger partial charge in [-0.15, -0.1) is 0 Å². The van der Waals surface area contributed by atoms with Gasteiger partial charge >= 0.3 is 0 Å². The van der Waals surface area contributed by atoms with Crippen molar-refractivity contribution in [2.75, 3.05) is 0 Å². The summed E-state index contributed by atoms with van der Waals surface area (Å²) in [6, 6.07) is 0.255. The van der Waals surface area contributed by atoms with Gasteiger partial charge in [0.15, 0.2) is 0 Å². The van der Waals surface area contributed by atoms with Crippen LogP contribution in [0, 0.1) is 0 Å². The number of halogens is 1. The number of H-pyrrole nitrogens is 1. The average Bonchev–Trinajstić information content (AvgIpc) is 2.31.